The number of likely N-dealkylation sites (tertiary alicyclic amines) is 1. The molecule has 1 aliphatic rings. The molecule has 2 aromatic heterocycles. The van der Waals surface area contributed by atoms with E-state index in [4.69, 9.17) is 4.74 Å². The highest BCUT2D eigenvalue weighted by Gasteiger charge is 2.29. The van der Waals surface area contributed by atoms with Crippen LogP contribution in [0.25, 0.3) is 10.9 Å². The summed E-state index contributed by atoms with van der Waals surface area (Å²) in [4.78, 5) is 21.5. The van der Waals surface area contributed by atoms with Crippen LogP contribution in [-0.4, -0.2) is 58.1 Å². The summed E-state index contributed by atoms with van der Waals surface area (Å²) in [6.07, 6.45) is 7.93. The lowest BCUT2D eigenvalue weighted by Crippen LogP contribution is -2.50. The highest BCUT2D eigenvalue weighted by molar-refractivity contribution is 5.83. The minimum Gasteiger partial charge on any atom is -0.375 e. The molecule has 1 atom stereocenters. The van der Waals surface area contributed by atoms with Gasteiger partial charge in [-0.05, 0) is 42.6 Å². The van der Waals surface area contributed by atoms with Gasteiger partial charge in [-0.25, -0.2) is 0 Å². The Kier molecular flexibility index (Phi) is 6.45. The Labute approximate surface area is 178 Å². The summed E-state index contributed by atoms with van der Waals surface area (Å²) in [5.74, 6) is 0.0402. The van der Waals surface area contributed by atoms with Crippen LogP contribution in [0.4, 0.5) is 0 Å². The Morgan fingerprint density at radius 1 is 1.27 bits per heavy atom. The maximum Gasteiger partial charge on any atom is 0.249 e. The molecule has 1 saturated heterocycles. The fraction of sp³-hybridized carbons (Fsp3) is 0.417. The van der Waals surface area contributed by atoms with Crippen LogP contribution in [0, 0.1) is 0 Å². The second kappa shape index (κ2) is 9.41. The second-order valence-electron chi connectivity index (χ2n) is 8.13. The van der Waals surface area contributed by atoms with Crippen molar-refractivity contribution in [1.29, 1.82) is 0 Å². The maximum absolute atomic E-state index is 12.8. The Hall–Kier alpha value is -2.70. The number of carbonyl (C=O) groups is 1. The molecule has 1 amide bonds. The first-order valence-corrected chi connectivity index (χ1v) is 10.6. The molecule has 1 aliphatic heterocycles. The van der Waals surface area contributed by atoms with Gasteiger partial charge in [-0.1, -0.05) is 24.3 Å². The zero-order valence-electron chi connectivity index (χ0n) is 17.8. The minimum atomic E-state index is 0.0402. The molecule has 3 heterocycles. The summed E-state index contributed by atoms with van der Waals surface area (Å²) in [7, 11) is 3.68. The molecule has 0 bridgehead atoms. The third kappa shape index (κ3) is 4.55. The molecule has 6 heteroatoms. The van der Waals surface area contributed by atoms with Gasteiger partial charge in [-0.3, -0.25) is 14.7 Å². The molecule has 6 nitrogen and oxygen atoms in total. The lowest BCUT2D eigenvalue weighted by molar-refractivity contribution is -0.139. The predicted octanol–water partition coefficient (Wildman–Crippen LogP) is 3.21. The van der Waals surface area contributed by atoms with Crippen molar-refractivity contribution in [3.05, 3.63) is 66.1 Å². The second-order valence-corrected chi connectivity index (χ2v) is 8.13. The van der Waals surface area contributed by atoms with Crippen molar-refractivity contribution in [3.63, 3.8) is 0 Å². The molecule has 1 aromatic carbocycles. The molecule has 3 aromatic rings. The van der Waals surface area contributed by atoms with Crippen molar-refractivity contribution in [1.82, 2.24) is 19.4 Å². The number of ether oxygens (including phenoxy) is 1. The number of fused-ring (bicyclic) bond motifs is 1. The molecule has 30 heavy (non-hydrogen) atoms. The van der Waals surface area contributed by atoms with Crippen LogP contribution in [0.15, 0.2) is 55.0 Å². The fourth-order valence-electron chi connectivity index (χ4n) is 4.54. The van der Waals surface area contributed by atoms with Crippen molar-refractivity contribution < 1.29 is 9.53 Å². The number of nitrogens with zero attached hydrogens (tertiary/aromatic N) is 4. The Bertz CT molecular complexity index is 985. The van der Waals surface area contributed by atoms with Crippen LogP contribution in [0.1, 0.15) is 24.0 Å². The number of rotatable bonds is 7. The van der Waals surface area contributed by atoms with Crippen LogP contribution in [0.2, 0.25) is 0 Å². The molecule has 0 aliphatic carbocycles. The molecule has 0 radical (unpaired) electrons. The number of benzene rings is 1. The molecule has 0 saturated carbocycles. The summed E-state index contributed by atoms with van der Waals surface area (Å²) in [5.41, 5.74) is 3.65. The summed E-state index contributed by atoms with van der Waals surface area (Å²) in [6, 6.07) is 12.7. The third-order valence-electron chi connectivity index (χ3n) is 5.96. The van der Waals surface area contributed by atoms with Crippen LogP contribution in [-0.2, 0) is 29.7 Å². The number of pyridine rings is 1. The smallest absolute Gasteiger partial charge is 0.249 e. The lowest BCUT2D eigenvalue weighted by Gasteiger charge is -2.39. The van der Waals surface area contributed by atoms with E-state index in [1.807, 2.05) is 23.2 Å². The lowest BCUT2D eigenvalue weighted by atomic mass is 10.0. The van der Waals surface area contributed by atoms with Gasteiger partial charge in [-0.2, -0.15) is 0 Å². The van der Waals surface area contributed by atoms with Gasteiger partial charge >= 0.3 is 0 Å². The van der Waals surface area contributed by atoms with Crippen molar-refractivity contribution in [3.8, 4) is 0 Å². The Morgan fingerprint density at radius 2 is 2.13 bits per heavy atom. The highest BCUT2D eigenvalue weighted by Crippen LogP contribution is 2.25. The van der Waals surface area contributed by atoms with E-state index < -0.39 is 0 Å². The van der Waals surface area contributed by atoms with Gasteiger partial charge in [-0.15, -0.1) is 0 Å². The van der Waals surface area contributed by atoms with Gasteiger partial charge in [0.15, 0.2) is 0 Å². The molecule has 158 valence electrons. The first-order valence-electron chi connectivity index (χ1n) is 10.6. The van der Waals surface area contributed by atoms with E-state index >= 15 is 0 Å². The first kappa shape index (κ1) is 20.6. The summed E-state index contributed by atoms with van der Waals surface area (Å²) in [6.45, 7) is 3.51. The van der Waals surface area contributed by atoms with Gasteiger partial charge in [0.1, 0.15) is 6.61 Å². The third-order valence-corrected chi connectivity index (χ3v) is 5.96. The Morgan fingerprint density at radius 3 is 2.93 bits per heavy atom. The van der Waals surface area contributed by atoms with E-state index in [2.05, 4.69) is 52.0 Å². The van der Waals surface area contributed by atoms with E-state index in [9.17, 15) is 4.79 Å². The van der Waals surface area contributed by atoms with Crippen molar-refractivity contribution in [2.24, 2.45) is 7.05 Å². The summed E-state index contributed by atoms with van der Waals surface area (Å²) < 4.78 is 7.36. The number of aryl methyl sites for hydroxylation is 1. The number of amides is 1. The Balaban J connectivity index is 1.50. The zero-order chi connectivity index (χ0) is 20.9. The zero-order valence-corrected chi connectivity index (χ0v) is 17.8. The van der Waals surface area contributed by atoms with E-state index in [0.717, 1.165) is 38.0 Å². The van der Waals surface area contributed by atoms with Crippen LogP contribution >= 0.6 is 0 Å². The molecule has 1 fully saturated rings. The molecule has 0 spiro atoms. The number of hydrogen-bond donors (Lipinski definition) is 0. The molecule has 0 N–H and O–H groups in total. The fourth-order valence-corrected chi connectivity index (χ4v) is 4.54. The van der Waals surface area contributed by atoms with Crippen LogP contribution in [0.3, 0.4) is 0 Å². The summed E-state index contributed by atoms with van der Waals surface area (Å²) >= 11 is 0. The van der Waals surface area contributed by atoms with Gasteiger partial charge in [0.2, 0.25) is 5.91 Å². The highest BCUT2D eigenvalue weighted by atomic mass is 16.5. The van der Waals surface area contributed by atoms with E-state index in [1.54, 1.807) is 13.3 Å². The SMILES string of the molecule is COCC(=O)N(Cc1cccnc1)C1CCCN(Cc2cn(C)c3ccccc23)C1. The molecule has 4 rings (SSSR count). The number of methoxy groups -OCH3 is 1. The van der Waals surface area contributed by atoms with Crippen molar-refractivity contribution in [2.45, 2.75) is 32.0 Å². The van der Waals surface area contributed by atoms with Gasteiger partial charge in [0.05, 0.1) is 0 Å². The average Bonchev–Trinajstić information content (AvgIpc) is 3.08. The standard InChI is InChI=1S/C24H30N4O2/c1-26-15-20(22-9-3-4-10-23(22)26)16-27-12-6-8-21(17-27)28(24(29)18-30-2)14-19-7-5-11-25-13-19/h3-5,7,9-11,13,15,21H,6,8,12,14,16-18H2,1-2H3. The number of carbonyl (C=O) groups excluding carboxylic acids is 1. The monoisotopic (exact) mass is 406 g/mol. The van der Waals surface area contributed by atoms with E-state index in [1.165, 1.54) is 16.5 Å². The van der Waals surface area contributed by atoms with Crippen molar-refractivity contribution >= 4 is 16.8 Å². The van der Waals surface area contributed by atoms with E-state index in [-0.39, 0.29) is 18.6 Å². The topological polar surface area (TPSA) is 50.6 Å². The normalized spacial score (nSPS) is 17.3. The van der Waals surface area contributed by atoms with Crippen molar-refractivity contribution in [2.75, 3.05) is 26.8 Å². The van der Waals surface area contributed by atoms with Crippen LogP contribution in [0.5, 0.6) is 0 Å². The molecule has 1 unspecified atom stereocenters. The number of aromatic nitrogens is 2. The maximum atomic E-state index is 12.8. The summed E-state index contributed by atoms with van der Waals surface area (Å²) in [5, 5.41) is 1.31. The first-order chi connectivity index (χ1) is 14.7. The molecular weight excluding hydrogens is 376 g/mol. The van der Waals surface area contributed by atoms with Gasteiger partial charge < -0.3 is 14.2 Å². The largest absolute Gasteiger partial charge is 0.375 e. The van der Waals surface area contributed by atoms with E-state index in [0.29, 0.717) is 6.54 Å². The number of piperidine rings is 1. The average molecular weight is 407 g/mol. The molecular formula is C24H30N4O2. The van der Waals surface area contributed by atoms with Crippen LogP contribution < -0.4 is 0 Å². The van der Waals surface area contributed by atoms with Gasteiger partial charge in [0.25, 0.3) is 0 Å². The number of para-hydroxylation sites is 1. The quantitative estimate of drug-likeness (QED) is 0.605. The number of hydrogen-bond acceptors (Lipinski definition) is 4. The minimum absolute atomic E-state index is 0.0402. The predicted molar refractivity (Wildman–Crippen MR) is 118 cm³/mol. The van der Waals surface area contributed by atoms with Gasteiger partial charge in [0, 0.05) is 69.3 Å².